The molecule has 1 saturated heterocycles. The number of piperidine rings is 1. The molecule has 156 valence electrons. The number of sulfonamides is 1. The Hall–Kier alpha value is -2.04. The SMILES string of the molecule is O=C(Nc1ccccc1)C1CCCN(S(=O)(=O)c2ccc(SC(F)(F)F)cc2)C1. The third kappa shape index (κ3) is 5.74. The Bertz CT molecular complexity index is 949. The van der Waals surface area contributed by atoms with Crippen molar-refractivity contribution in [3.8, 4) is 0 Å². The number of para-hydroxylation sites is 1. The molecule has 1 aliphatic rings. The number of amides is 1. The topological polar surface area (TPSA) is 66.5 Å². The number of benzene rings is 2. The molecule has 2 aromatic rings. The summed E-state index contributed by atoms with van der Waals surface area (Å²) in [7, 11) is -3.90. The number of halogens is 3. The van der Waals surface area contributed by atoms with Crippen LogP contribution in [0, 0.1) is 5.92 Å². The molecular weight excluding hydrogens is 425 g/mol. The normalized spacial score (nSPS) is 18.4. The minimum absolute atomic E-state index is 0.0278. The van der Waals surface area contributed by atoms with E-state index >= 15 is 0 Å². The van der Waals surface area contributed by atoms with Crippen LogP contribution < -0.4 is 5.32 Å². The highest BCUT2D eigenvalue weighted by Gasteiger charge is 2.34. The summed E-state index contributed by atoms with van der Waals surface area (Å²) in [5.41, 5.74) is -3.80. The van der Waals surface area contributed by atoms with Gasteiger partial charge in [-0.05, 0) is 61.0 Å². The van der Waals surface area contributed by atoms with Crippen LogP contribution in [0.3, 0.4) is 0 Å². The smallest absolute Gasteiger partial charge is 0.326 e. The van der Waals surface area contributed by atoms with Gasteiger partial charge in [-0.2, -0.15) is 17.5 Å². The lowest BCUT2D eigenvalue weighted by atomic mass is 9.99. The van der Waals surface area contributed by atoms with Crippen molar-refractivity contribution in [2.24, 2.45) is 5.92 Å². The first-order valence-electron chi connectivity index (χ1n) is 8.87. The molecule has 0 spiro atoms. The second-order valence-corrected chi connectivity index (χ2v) is 9.65. The number of rotatable bonds is 5. The molecule has 1 amide bonds. The van der Waals surface area contributed by atoms with Gasteiger partial charge in [-0.15, -0.1) is 0 Å². The maximum Gasteiger partial charge on any atom is 0.446 e. The lowest BCUT2D eigenvalue weighted by molar-refractivity contribution is -0.120. The summed E-state index contributed by atoms with van der Waals surface area (Å²) < 4.78 is 64.3. The van der Waals surface area contributed by atoms with Crippen molar-refractivity contribution in [2.45, 2.75) is 28.1 Å². The highest BCUT2D eigenvalue weighted by molar-refractivity contribution is 8.00. The molecule has 2 aromatic carbocycles. The molecule has 0 aliphatic carbocycles. The number of thioether (sulfide) groups is 1. The Kier molecular flexibility index (Phi) is 6.55. The number of nitrogens with zero attached hydrogens (tertiary/aromatic N) is 1. The number of carbonyl (C=O) groups excluding carboxylic acids is 1. The standard InChI is InChI=1S/C19H19F3N2O3S2/c20-19(21,22)28-16-8-10-17(11-9-16)29(26,27)24-12-4-5-14(13-24)18(25)23-15-6-2-1-3-7-15/h1-3,6-11,14H,4-5,12-13H2,(H,23,25). The van der Waals surface area contributed by atoms with E-state index in [1.54, 1.807) is 24.3 Å². The lowest BCUT2D eigenvalue weighted by Gasteiger charge is -2.31. The third-order valence-electron chi connectivity index (χ3n) is 4.49. The first-order valence-corrected chi connectivity index (χ1v) is 11.1. The molecule has 1 aliphatic heterocycles. The van der Waals surface area contributed by atoms with Gasteiger partial charge in [0.15, 0.2) is 0 Å². The molecule has 5 nitrogen and oxygen atoms in total. The summed E-state index contributed by atoms with van der Waals surface area (Å²) in [5.74, 6) is -0.758. The van der Waals surface area contributed by atoms with Crippen molar-refractivity contribution >= 4 is 33.4 Å². The second kappa shape index (κ2) is 8.76. The van der Waals surface area contributed by atoms with E-state index in [-0.39, 0.29) is 40.5 Å². The highest BCUT2D eigenvalue weighted by Crippen LogP contribution is 2.37. The molecule has 0 aromatic heterocycles. The van der Waals surface area contributed by atoms with Gasteiger partial charge in [0, 0.05) is 23.7 Å². The van der Waals surface area contributed by atoms with Crippen molar-refractivity contribution < 1.29 is 26.4 Å². The van der Waals surface area contributed by atoms with Crippen LogP contribution in [-0.2, 0) is 14.8 Å². The monoisotopic (exact) mass is 444 g/mol. The average Bonchev–Trinajstić information content (AvgIpc) is 2.68. The minimum atomic E-state index is -4.44. The van der Waals surface area contributed by atoms with E-state index in [1.807, 2.05) is 6.07 Å². The van der Waals surface area contributed by atoms with E-state index in [4.69, 9.17) is 0 Å². The molecule has 1 N–H and O–H groups in total. The van der Waals surface area contributed by atoms with Gasteiger partial charge in [0.1, 0.15) is 0 Å². The zero-order valence-electron chi connectivity index (χ0n) is 15.2. The molecule has 0 bridgehead atoms. The molecule has 1 atom stereocenters. The summed E-state index contributed by atoms with van der Waals surface area (Å²) in [5, 5.41) is 2.78. The van der Waals surface area contributed by atoms with Crippen LogP contribution in [0.5, 0.6) is 0 Å². The van der Waals surface area contributed by atoms with E-state index in [2.05, 4.69) is 5.32 Å². The third-order valence-corrected chi connectivity index (χ3v) is 7.11. The van der Waals surface area contributed by atoms with Crippen LogP contribution >= 0.6 is 11.8 Å². The largest absolute Gasteiger partial charge is 0.446 e. The molecule has 0 saturated carbocycles. The Morgan fingerprint density at radius 2 is 1.72 bits per heavy atom. The maximum atomic E-state index is 12.9. The number of alkyl halides is 3. The predicted octanol–water partition coefficient (Wildman–Crippen LogP) is 4.34. The minimum Gasteiger partial charge on any atom is -0.326 e. The predicted molar refractivity (Wildman–Crippen MR) is 105 cm³/mol. The quantitative estimate of drug-likeness (QED) is 0.697. The van der Waals surface area contributed by atoms with Gasteiger partial charge in [-0.1, -0.05) is 18.2 Å². The number of carbonyl (C=O) groups is 1. The maximum absolute atomic E-state index is 12.9. The van der Waals surface area contributed by atoms with Gasteiger partial charge < -0.3 is 5.32 Å². The van der Waals surface area contributed by atoms with Gasteiger partial charge in [-0.3, -0.25) is 4.79 Å². The van der Waals surface area contributed by atoms with Crippen LogP contribution in [0.1, 0.15) is 12.8 Å². The fourth-order valence-electron chi connectivity index (χ4n) is 3.10. The summed E-state index contributed by atoms with van der Waals surface area (Å²) in [6, 6.07) is 13.5. The van der Waals surface area contributed by atoms with Gasteiger partial charge >= 0.3 is 5.51 Å². The van der Waals surface area contributed by atoms with Crippen molar-refractivity contribution in [1.82, 2.24) is 4.31 Å². The Balaban J connectivity index is 1.69. The Morgan fingerprint density at radius 3 is 2.34 bits per heavy atom. The first kappa shape index (κ1) is 21.7. The highest BCUT2D eigenvalue weighted by atomic mass is 32.2. The van der Waals surface area contributed by atoms with Crippen LogP contribution in [0.2, 0.25) is 0 Å². The zero-order valence-corrected chi connectivity index (χ0v) is 16.9. The van der Waals surface area contributed by atoms with Crippen LogP contribution in [0.25, 0.3) is 0 Å². The van der Waals surface area contributed by atoms with Gasteiger partial charge in [0.2, 0.25) is 15.9 Å². The Labute approximate surface area is 171 Å². The molecule has 29 heavy (non-hydrogen) atoms. The fraction of sp³-hybridized carbons (Fsp3) is 0.316. The van der Waals surface area contributed by atoms with Gasteiger partial charge in [0.25, 0.3) is 0 Å². The molecule has 1 fully saturated rings. The molecule has 1 unspecified atom stereocenters. The molecule has 0 radical (unpaired) electrons. The van der Waals surface area contributed by atoms with E-state index in [1.165, 1.54) is 4.31 Å². The molecule has 1 heterocycles. The van der Waals surface area contributed by atoms with Crippen LogP contribution in [-0.4, -0.2) is 37.2 Å². The zero-order chi connectivity index (χ0) is 21.1. The molecule has 10 heteroatoms. The Morgan fingerprint density at radius 1 is 1.07 bits per heavy atom. The summed E-state index contributed by atoms with van der Waals surface area (Å²) in [4.78, 5) is 12.3. The van der Waals surface area contributed by atoms with E-state index in [9.17, 15) is 26.4 Å². The average molecular weight is 445 g/mol. The van der Waals surface area contributed by atoms with Crippen LogP contribution in [0.4, 0.5) is 18.9 Å². The summed E-state index contributed by atoms with van der Waals surface area (Å²) in [6.07, 6.45) is 1.08. The lowest BCUT2D eigenvalue weighted by Crippen LogP contribution is -2.43. The summed E-state index contributed by atoms with van der Waals surface area (Å²) in [6.45, 7) is 0.288. The van der Waals surface area contributed by atoms with Crippen molar-refractivity contribution in [3.63, 3.8) is 0 Å². The molecular formula is C19H19F3N2O3S2. The number of nitrogens with one attached hydrogen (secondary N) is 1. The number of anilines is 1. The number of hydrogen-bond donors (Lipinski definition) is 1. The van der Waals surface area contributed by atoms with Gasteiger partial charge in [0.05, 0.1) is 10.8 Å². The van der Waals surface area contributed by atoms with Crippen molar-refractivity contribution in [2.75, 3.05) is 18.4 Å². The van der Waals surface area contributed by atoms with E-state index in [0.29, 0.717) is 18.5 Å². The van der Waals surface area contributed by atoms with Crippen molar-refractivity contribution in [1.29, 1.82) is 0 Å². The van der Waals surface area contributed by atoms with Gasteiger partial charge in [-0.25, -0.2) is 8.42 Å². The van der Waals surface area contributed by atoms with E-state index in [0.717, 1.165) is 24.3 Å². The first-order chi connectivity index (χ1) is 13.6. The van der Waals surface area contributed by atoms with Crippen LogP contribution in [0.15, 0.2) is 64.4 Å². The summed E-state index contributed by atoms with van der Waals surface area (Å²) >= 11 is -0.301. The van der Waals surface area contributed by atoms with Crippen molar-refractivity contribution in [3.05, 3.63) is 54.6 Å². The number of hydrogen-bond acceptors (Lipinski definition) is 4. The van der Waals surface area contributed by atoms with E-state index < -0.39 is 21.4 Å². The fourth-order valence-corrected chi connectivity index (χ4v) is 5.17. The molecule has 3 rings (SSSR count). The second-order valence-electron chi connectivity index (χ2n) is 6.58.